The summed E-state index contributed by atoms with van der Waals surface area (Å²) in [5.41, 5.74) is -0.00493. The third kappa shape index (κ3) is 3.28. The van der Waals surface area contributed by atoms with Crippen molar-refractivity contribution in [3.8, 4) is 0 Å². The monoisotopic (exact) mass is 278 g/mol. The minimum atomic E-state index is -0.347. The summed E-state index contributed by atoms with van der Waals surface area (Å²) in [7, 11) is 1.38. The Bertz CT molecular complexity index is 496. The Hall–Kier alpha value is -1.62. The molecule has 0 bridgehead atoms. The van der Waals surface area contributed by atoms with Crippen molar-refractivity contribution in [1.82, 2.24) is 4.98 Å². The van der Waals surface area contributed by atoms with E-state index in [1.807, 2.05) is 0 Å². The molecule has 1 aromatic heterocycles. The van der Waals surface area contributed by atoms with Crippen LogP contribution in [0.1, 0.15) is 38.1 Å². The highest BCUT2D eigenvalue weighted by molar-refractivity contribution is 5.90. The van der Waals surface area contributed by atoms with E-state index < -0.39 is 0 Å². The SMILES string of the molecule is COC(=O)c1ccnc(N2CC(C)(C)OC(C)(C)C2)c1. The highest BCUT2D eigenvalue weighted by Gasteiger charge is 2.38. The predicted octanol–water partition coefficient (Wildman–Crippen LogP) is 2.26. The average Bonchev–Trinajstić information content (AvgIpc) is 2.34. The number of ether oxygens (including phenoxy) is 2. The zero-order chi connectivity index (χ0) is 15.0. The molecule has 0 unspecified atom stereocenters. The summed E-state index contributed by atoms with van der Waals surface area (Å²) in [6.07, 6.45) is 1.64. The van der Waals surface area contributed by atoms with Crippen molar-refractivity contribution in [2.45, 2.75) is 38.9 Å². The number of anilines is 1. The highest BCUT2D eigenvalue weighted by atomic mass is 16.5. The first-order valence-corrected chi connectivity index (χ1v) is 6.72. The van der Waals surface area contributed by atoms with Gasteiger partial charge in [0.05, 0.1) is 23.9 Å². The lowest BCUT2D eigenvalue weighted by atomic mass is 9.99. The predicted molar refractivity (Wildman–Crippen MR) is 77.0 cm³/mol. The van der Waals surface area contributed by atoms with Crippen LogP contribution in [-0.2, 0) is 9.47 Å². The van der Waals surface area contributed by atoms with Gasteiger partial charge in [0.15, 0.2) is 0 Å². The van der Waals surface area contributed by atoms with Crippen molar-refractivity contribution in [1.29, 1.82) is 0 Å². The maximum atomic E-state index is 11.6. The minimum absolute atomic E-state index is 0.259. The van der Waals surface area contributed by atoms with Crippen LogP contribution in [0.4, 0.5) is 5.82 Å². The van der Waals surface area contributed by atoms with Gasteiger partial charge in [0, 0.05) is 19.3 Å². The molecule has 1 saturated heterocycles. The van der Waals surface area contributed by atoms with Gasteiger partial charge in [-0.2, -0.15) is 0 Å². The van der Waals surface area contributed by atoms with Crippen LogP contribution in [0.25, 0.3) is 0 Å². The van der Waals surface area contributed by atoms with Gasteiger partial charge in [-0.3, -0.25) is 0 Å². The summed E-state index contributed by atoms with van der Waals surface area (Å²) in [5, 5.41) is 0. The fourth-order valence-electron chi connectivity index (χ4n) is 2.79. The van der Waals surface area contributed by atoms with Crippen LogP contribution in [0.2, 0.25) is 0 Å². The standard InChI is InChI=1S/C15H22N2O3/c1-14(2)9-17(10-15(3,4)20-14)12-8-11(6-7-16-12)13(18)19-5/h6-8H,9-10H2,1-5H3. The first kappa shape index (κ1) is 14.8. The quantitative estimate of drug-likeness (QED) is 0.777. The van der Waals surface area contributed by atoms with Gasteiger partial charge in [0.25, 0.3) is 0 Å². The third-order valence-electron chi connectivity index (χ3n) is 3.19. The molecule has 0 spiro atoms. The van der Waals surface area contributed by atoms with Gasteiger partial charge in [0.1, 0.15) is 5.82 Å². The van der Waals surface area contributed by atoms with E-state index in [-0.39, 0.29) is 17.2 Å². The maximum Gasteiger partial charge on any atom is 0.338 e. The van der Waals surface area contributed by atoms with Gasteiger partial charge < -0.3 is 14.4 Å². The molecule has 0 atom stereocenters. The number of rotatable bonds is 2. The first-order valence-electron chi connectivity index (χ1n) is 6.72. The highest BCUT2D eigenvalue weighted by Crippen LogP contribution is 2.30. The van der Waals surface area contributed by atoms with Crippen molar-refractivity contribution in [2.24, 2.45) is 0 Å². The van der Waals surface area contributed by atoms with Crippen molar-refractivity contribution < 1.29 is 14.3 Å². The van der Waals surface area contributed by atoms with Crippen molar-refractivity contribution in [2.75, 3.05) is 25.1 Å². The van der Waals surface area contributed by atoms with Crippen LogP contribution in [0.3, 0.4) is 0 Å². The molecule has 2 heterocycles. The van der Waals surface area contributed by atoms with Crippen LogP contribution in [-0.4, -0.2) is 42.4 Å². The number of carbonyl (C=O) groups excluding carboxylic acids is 1. The molecular weight excluding hydrogens is 256 g/mol. The molecule has 0 aromatic carbocycles. The van der Waals surface area contributed by atoms with Gasteiger partial charge in [0.2, 0.25) is 0 Å². The van der Waals surface area contributed by atoms with E-state index in [0.717, 1.165) is 18.9 Å². The lowest BCUT2D eigenvalue weighted by Gasteiger charge is -2.47. The zero-order valence-electron chi connectivity index (χ0n) is 12.8. The van der Waals surface area contributed by atoms with E-state index >= 15 is 0 Å². The smallest absolute Gasteiger partial charge is 0.338 e. The van der Waals surface area contributed by atoms with E-state index in [1.165, 1.54) is 7.11 Å². The largest absolute Gasteiger partial charge is 0.465 e. The number of esters is 1. The van der Waals surface area contributed by atoms with Crippen LogP contribution < -0.4 is 4.90 Å². The zero-order valence-corrected chi connectivity index (χ0v) is 12.8. The van der Waals surface area contributed by atoms with Crippen molar-refractivity contribution in [3.05, 3.63) is 23.9 Å². The van der Waals surface area contributed by atoms with Crippen LogP contribution in [0, 0.1) is 0 Å². The van der Waals surface area contributed by atoms with Crippen LogP contribution in [0.5, 0.6) is 0 Å². The molecule has 0 N–H and O–H groups in total. The number of methoxy groups -OCH3 is 1. The Morgan fingerprint density at radius 1 is 1.30 bits per heavy atom. The first-order chi connectivity index (χ1) is 9.22. The fourth-order valence-corrected chi connectivity index (χ4v) is 2.79. The number of nitrogens with zero attached hydrogens (tertiary/aromatic N) is 2. The second kappa shape index (κ2) is 5.05. The third-order valence-corrected chi connectivity index (χ3v) is 3.19. The Balaban J connectivity index is 2.29. The Morgan fingerprint density at radius 3 is 2.45 bits per heavy atom. The van der Waals surface area contributed by atoms with Crippen LogP contribution in [0.15, 0.2) is 18.3 Å². The van der Waals surface area contributed by atoms with E-state index in [4.69, 9.17) is 9.47 Å². The molecule has 0 radical (unpaired) electrons. The number of carbonyl (C=O) groups is 1. The number of hydrogen-bond acceptors (Lipinski definition) is 5. The molecule has 5 heteroatoms. The summed E-state index contributed by atoms with van der Waals surface area (Å²) in [6.45, 7) is 9.70. The molecular formula is C15H22N2O3. The molecule has 0 amide bonds. The van der Waals surface area contributed by atoms with Gasteiger partial charge in [-0.05, 0) is 39.8 Å². The van der Waals surface area contributed by atoms with Gasteiger partial charge >= 0.3 is 5.97 Å². The van der Waals surface area contributed by atoms with Gasteiger partial charge in [-0.1, -0.05) is 0 Å². The number of pyridine rings is 1. The van der Waals surface area contributed by atoms with E-state index in [9.17, 15) is 4.79 Å². The van der Waals surface area contributed by atoms with Crippen LogP contribution >= 0.6 is 0 Å². The number of hydrogen-bond donors (Lipinski definition) is 0. The second-order valence-electron chi connectivity index (χ2n) is 6.37. The molecule has 1 aromatic rings. The summed E-state index contributed by atoms with van der Waals surface area (Å²) in [4.78, 5) is 18.1. The number of morpholine rings is 1. The molecule has 2 rings (SSSR count). The van der Waals surface area contributed by atoms with E-state index in [2.05, 4.69) is 37.6 Å². The average molecular weight is 278 g/mol. The maximum absolute atomic E-state index is 11.6. The Morgan fingerprint density at radius 2 is 1.90 bits per heavy atom. The van der Waals surface area contributed by atoms with E-state index in [0.29, 0.717) is 5.56 Å². The van der Waals surface area contributed by atoms with Gasteiger partial charge in [-0.25, -0.2) is 9.78 Å². The normalized spacial score (nSPS) is 20.6. The number of aromatic nitrogens is 1. The second-order valence-corrected chi connectivity index (χ2v) is 6.37. The molecule has 20 heavy (non-hydrogen) atoms. The summed E-state index contributed by atoms with van der Waals surface area (Å²) >= 11 is 0. The van der Waals surface area contributed by atoms with Gasteiger partial charge in [-0.15, -0.1) is 0 Å². The molecule has 1 aliphatic rings. The Kier molecular flexibility index (Phi) is 3.73. The topological polar surface area (TPSA) is 51.7 Å². The minimum Gasteiger partial charge on any atom is -0.465 e. The lowest BCUT2D eigenvalue weighted by Crippen LogP contribution is -2.57. The van der Waals surface area contributed by atoms with Crippen molar-refractivity contribution in [3.63, 3.8) is 0 Å². The summed E-state index contributed by atoms with van der Waals surface area (Å²) < 4.78 is 10.8. The molecule has 5 nitrogen and oxygen atoms in total. The molecule has 1 fully saturated rings. The lowest BCUT2D eigenvalue weighted by molar-refractivity contribution is -0.133. The van der Waals surface area contributed by atoms with Crippen molar-refractivity contribution >= 4 is 11.8 Å². The van der Waals surface area contributed by atoms with E-state index in [1.54, 1.807) is 18.3 Å². The Labute approximate surface area is 119 Å². The summed E-state index contributed by atoms with van der Waals surface area (Å²) in [5.74, 6) is 0.428. The molecule has 0 saturated carbocycles. The fraction of sp³-hybridized carbons (Fsp3) is 0.600. The molecule has 0 aliphatic carbocycles. The molecule has 1 aliphatic heterocycles. The summed E-state index contributed by atoms with van der Waals surface area (Å²) in [6, 6.07) is 3.43. The molecule has 110 valence electrons.